The Morgan fingerprint density at radius 1 is 1.41 bits per heavy atom. The number of nitrogens with zero attached hydrogens (tertiary/aromatic N) is 3. The van der Waals surface area contributed by atoms with Crippen molar-refractivity contribution in [3.05, 3.63) is 53.4 Å². The van der Waals surface area contributed by atoms with Crippen LogP contribution in [0.2, 0.25) is 0 Å². The number of amides is 1. The molecule has 4 rings (SSSR count). The summed E-state index contributed by atoms with van der Waals surface area (Å²) < 4.78 is 7.03. The fourth-order valence-corrected chi connectivity index (χ4v) is 4.58. The van der Waals surface area contributed by atoms with Crippen LogP contribution in [0.5, 0.6) is 5.75 Å². The fourth-order valence-electron chi connectivity index (χ4n) is 2.90. The first-order valence-corrected chi connectivity index (χ1v) is 10.4. The molecular formula is C19H18N4O2S2. The Labute approximate surface area is 165 Å². The Bertz CT molecular complexity index is 946. The van der Waals surface area contributed by atoms with Gasteiger partial charge in [0.05, 0.1) is 24.2 Å². The highest BCUT2D eigenvalue weighted by Gasteiger charge is 2.26. The first kappa shape index (κ1) is 17.9. The summed E-state index contributed by atoms with van der Waals surface area (Å²) in [5.41, 5.74) is 3.84. The van der Waals surface area contributed by atoms with E-state index in [1.165, 1.54) is 11.8 Å². The second kappa shape index (κ2) is 8.06. The number of nitrogens with one attached hydrogen (secondary N) is 1. The van der Waals surface area contributed by atoms with Crippen LogP contribution in [0.15, 0.2) is 46.5 Å². The van der Waals surface area contributed by atoms with E-state index in [0.717, 1.165) is 39.0 Å². The maximum absolute atomic E-state index is 12.1. The molecule has 0 bridgehead atoms. The maximum Gasteiger partial charge on any atom is 0.230 e. The van der Waals surface area contributed by atoms with E-state index >= 15 is 0 Å². The van der Waals surface area contributed by atoms with Gasteiger partial charge in [-0.25, -0.2) is 4.98 Å². The number of hydrogen-bond acceptors (Lipinski definition) is 7. The number of carbonyl (C=O) groups is 1. The lowest BCUT2D eigenvalue weighted by atomic mass is 10.0. The number of ether oxygens (including phenoxy) is 1. The van der Waals surface area contributed by atoms with Crippen molar-refractivity contribution >= 4 is 29.0 Å². The summed E-state index contributed by atoms with van der Waals surface area (Å²) in [4.78, 5) is 25.0. The van der Waals surface area contributed by atoms with Crippen molar-refractivity contribution in [1.82, 2.24) is 20.3 Å². The van der Waals surface area contributed by atoms with Crippen molar-refractivity contribution in [3.63, 3.8) is 0 Å². The highest BCUT2D eigenvalue weighted by molar-refractivity contribution is 8.01. The van der Waals surface area contributed by atoms with E-state index in [2.05, 4.69) is 26.3 Å². The Balaban J connectivity index is 1.33. The van der Waals surface area contributed by atoms with Crippen LogP contribution in [-0.4, -0.2) is 39.3 Å². The van der Waals surface area contributed by atoms with E-state index in [0.29, 0.717) is 12.3 Å². The highest BCUT2D eigenvalue weighted by atomic mass is 32.2. The summed E-state index contributed by atoms with van der Waals surface area (Å²) in [6.45, 7) is 2.43. The largest absolute Gasteiger partial charge is 0.487 e. The van der Waals surface area contributed by atoms with Crippen LogP contribution >= 0.6 is 23.1 Å². The predicted octanol–water partition coefficient (Wildman–Crippen LogP) is 3.12. The van der Waals surface area contributed by atoms with E-state index in [1.54, 1.807) is 29.9 Å². The average molecular weight is 399 g/mol. The highest BCUT2D eigenvalue weighted by Crippen LogP contribution is 2.37. The fraction of sp³-hybridized carbons (Fsp3) is 0.263. The normalized spacial score (nSPS) is 15.2. The SMILES string of the molecule is Cc1csc(SCC(=O)NCC2Cc3cccc(-c4cnccn4)c3O2)n1. The Morgan fingerprint density at radius 2 is 2.33 bits per heavy atom. The summed E-state index contributed by atoms with van der Waals surface area (Å²) in [6.07, 6.45) is 5.74. The van der Waals surface area contributed by atoms with E-state index in [4.69, 9.17) is 4.74 Å². The predicted molar refractivity (Wildman–Crippen MR) is 106 cm³/mol. The van der Waals surface area contributed by atoms with Crippen LogP contribution in [0.3, 0.4) is 0 Å². The van der Waals surface area contributed by atoms with E-state index in [9.17, 15) is 4.79 Å². The average Bonchev–Trinajstić information content (AvgIpc) is 3.30. The molecule has 0 fully saturated rings. The second-order valence-electron chi connectivity index (χ2n) is 6.18. The molecule has 0 aliphatic carbocycles. The lowest BCUT2D eigenvalue weighted by molar-refractivity contribution is -0.118. The smallest absolute Gasteiger partial charge is 0.230 e. The van der Waals surface area contributed by atoms with Crippen LogP contribution in [0.25, 0.3) is 11.3 Å². The Kier molecular flexibility index (Phi) is 5.35. The molecule has 0 spiro atoms. The van der Waals surface area contributed by atoms with Gasteiger partial charge in [0.2, 0.25) is 5.91 Å². The lowest BCUT2D eigenvalue weighted by Gasteiger charge is -2.13. The van der Waals surface area contributed by atoms with Crippen molar-refractivity contribution in [2.45, 2.75) is 23.8 Å². The van der Waals surface area contributed by atoms with Gasteiger partial charge in [0, 0.05) is 35.5 Å². The van der Waals surface area contributed by atoms with Crippen molar-refractivity contribution in [3.8, 4) is 17.0 Å². The van der Waals surface area contributed by atoms with Gasteiger partial charge in [-0.05, 0) is 18.6 Å². The van der Waals surface area contributed by atoms with Gasteiger partial charge in [0.1, 0.15) is 11.9 Å². The van der Waals surface area contributed by atoms with Crippen LogP contribution in [0.1, 0.15) is 11.3 Å². The summed E-state index contributed by atoms with van der Waals surface area (Å²) in [7, 11) is 0. The third-order valence-electron chi connectivity index (χ3n) is 4.12. The summed E-state index contributed by atoms with van der Waals surface area (Å²) in [5.74, 6) is 1.18. The summed E-state index contributed by atoms with van der Waals surface area (Å²) in [5, 5.41) is 4.94. The van der Waals surface area contributed by atoms with Gasteiger partial charge in [0.15, 0.2) is 4.34 Å². The third-order valence-corrected chi connectivity index (χ3v) is 6.26. The number of fused-ring (bicyclic) bond motifs is 1. The van der Waals surface area contributed by atoms with Gasteiger partial charge in [0.25, 0.3) is 0 Å². The first-order chi connectivity index (χ1) is 13.2. The van der Waals surface area contributed by atoms with E-state index < -0.39 is 0 Å². The van der Waals surface area contributed by atoms with Gasteiger partial charge in [-0.2, -0.15) is 0 Å². The molecule has 3 heterocycles. The zero-order valence-electron chi connectivity index (χ0n) is 14.7. The molecular weight excluding hydrogens is 380 g/mol. The number of carbonyl (C=O) groups excluding carboxylic acids is 1. The molecule has 2 aromatic heterocycles. The van der Waals surface area contributed by atoms with Crippen molar-refractivity contribution in [1.29, 1.82) is 0 Å². The molecule has 6 nitrogen and oxygen atoms in total. The van der Waals surface area contributed by atoms with E-state index in [-0.39, 0.29) is 12.0 Å². The maximum atomic E-state index is 12.1. The molecule has 0 radical (unpaired) electrons. The summed E-state index contributed by atoms with van der Waals surface area (Å²) in [6, 6.07) is 6.04. The van der Waals surface area contributed by atoms with Gasteiger partial charge in [-0.15, -0.1) is 11.3 Å². The topological polar surface area (TPSA) is 77.0 Å². The number of aromatic nitrogens is 3. The van der Waals surface area contributed by atoms with Gasteiger partial charge >= 0.3 is 0 Å². The Morgan fingerprint density at radius 3 is 3.11 bits per heavy atom. The summed E-state index contributed by atoms with van der Waals surface area (Å²) >= 11 is 3.02. The standard InChI is InChI=1S/C19H18N4O2S2/c1-12-10-26-19(23-12)27-11-17(24)22-8-14-7-13-3-2-4-15(18(13)25-14)16-9-20-5-6-21-16/h2-6,9-10,14H,7-8,11H2,1H3,(H,22,24). The number of thioether (sulfide) groups is 1. The molecule has 8 heteroatoms. The minimum absolute atomic E-state index is 0.0124. The van der Waals surface area contributed by atoms with Gasteiger partial charge in [-0.3, -0.25) is 14.8 Å². The zero-order chi connectivity index (χ0) is 18.6. The molecule has 1 N–H and O–H groups in total. The van der Waals surface area contributed by atoms with Crippen LogP contribution in [-0.2, 0) is 11.2 Å². The molecule has 1 unspecified atom stereocenters. The monoisotopic (exact) mass is 398 g/mol. The molecule has 1 aromatic carbocycles. The molecule has 1 aliphatic heterocycles. The van der Waals surface area contributed by atoms with Crippen LogP contribution < -0.4 is 10.1 Å². The Hall–Kier alpha value is -2.45. The minimum atomic E-state index is -0.0751. The number of aryl methyl sites for hydroxylation is 1. The number of hydrogen-bond donors (Lipinski definition) is 1. The molecule has 0 saturated heterocycles. The molecule has 3 aromatic rings. The second-order valence-corrected chi connectivity index (χ2v) is 8.26. The minimum Gasteiger partial charge on any atom is -0.487 e. The number of benzene rings is 1. The molecule has 1 aliphatic rings. The molecule has 0 saturated carbocycles. The van der Waals surface area contributed by atoms with Crippen molar-refractivity contribution in [2.75, 3.05) is 12.3 Å². The molecule has 1 atom stereocenters. The number of rotatable bonds is 6. The van der Waals surface area contributed by atoms with Crippen molar-refractivity contribution in [2.24, 2.45) is 0 Å². The molecule has 1 amide bonds. The van der Waals surface area contributed by atoms with Crippen LogP contribution in [0.4, 0.5) is 0 Å². The van der Waals surface area contributed by atoms with Crippen LogP contribution in [0, 0.1) is 6.92 Å². The first-order valence-electron chi connectivity index (χ1n) is 8.55. The number of thiazole rings is 1. The van der Waals surface area contributed by atoms with Gasteiger partial charge < -0.3 is 10.1 Å². The van der Waals surface area contributed by atoms with Gasteiger partial charge in [-0.1, -0.05) is 23.9 Å². The number of para-hydroxylation sites is 1. The quantitative estimate of drug-likeness (QED) is 0.643. The molecule has 27 heavy (non-hydrogen) atoms. The van der Waals surface area contributed by atoms with Crippen molar-refractivity contribution < 1.29 is 9.53 Å². The molecule has 138 valence electrons. The van der Waals surface area contributed by atoms with E-state index in [1.807, 2.05) is 24.4 Å². The lowest BCUT2D eigenvalue weighted by Crippen LogP contribution is -2.35. The zero-order valence-corrected chi connectivity index (χ0v) is 16.3. The third kappa shape index (κ3) is 4.28.